The Morgan fingerprint density at radius 2 is 2.25 bits per heavy atom. The van der Waals surface area contributed by atoms with E-state index in [1.807, 2.05) is 27.1 Å². The van der Waals surface area contributed by atoms with Crippen LogP contribution in [0, 0.1) is 0 Å². The molecule has 0 saturated heterocycles. The van der Waals surface area contributed by atoms with Crippen LogP contribution in [0.15, 0.2) is 16.9 Å². The summed E-state index contributed by atoms with van der Waals surface area (Å²) in [5.41, 5.74) is 0.995. The Balaban J connectivity index is 3.61. The zero-order chi connectivity index (χ0) is 6.41. The number of hydrogen-bond donors (Lipinski definition) is 1. The van der Waals surface area contributed by atoms with Gasteiger partial charge in [0.25, 0.3) is 0 Å². The minimum atomic E-state index is 0.995. The highest BCUT2D eigenvalue weighted by Gasteiger charge is 1.73. The zero-order valence-electron chi connectivity index (χ0n) is 5.60. The number of aliphatic imine (C=N–C) groups is 1. The topological polar surface area (TPSA) is 24.4 Å². The molecule has 0 atom stereocenters. The van der Waals surface area contributed by atoms with Crippen LogP contribution >= 0.6 is 0 Å². The predicted molar refractivity (Wildman–Crippen MR) is 37.0 cm³/mol. The molecule has 0 aromatic rings. The van der Waals surface area contributed by atoms with Crippen LogP contribution in [0.25, 0.3) is 0 Å². The summed E-state index contributed by atoms with van der Waals surface area (Å²) in [6.45, 7) is 3.84. The largest absolute Gasteiger partial charge is 0.393 e. The van der Waals surface area contributed by atoms with Crippen LogP contribution in [0.5, 0.6) is 0 Å². The fourth-order valence-electron chi connectivity index (χ4n) is 0.450. The van der Waals surface area contributed by atoms with Crippen molar-refractivity contribution in [2.75, 3.05) is 7.05 Å². The Labute approximate surface area is 50.3 Å². The van der Waals surface area contributed by atoms with Crippen LogP contribution in [0.4, 0.5) is 0 Å². The second kappa shape index (κ2) is 4.37. The van der Waals surface area contributed by atoms with E-state index < -0.39 is 0 Å². The van der Waals surface area contributed by atoms with Gasteiger partial charge in [0.2, 0.25) is 0 Å². The first-order valence-corrected chi connectivity index (χ1v) is 2.64. The lowest BCUT2D eigenvalue weighted by Crippen LogP contribution is -1.92. The first-order valence-electron chi connectivity index (χ1n) is 2.64. The van der Waals surface area contributed by atoms with Gasteiger partial charge in [-0.05, 0) is 13.8 Å². The predicted octanol–water partition coefficient (Wildman–Crippen LogP) is 1.16. The normalized spacial score (nSPS) is 12.6. The molecule has 46 valence electrons. The zero-order valence-corrected chi connectivity index (χ0v) is 5.60. The summed E-state index contributed by atoms with van der Waals surface area (Å²) in [6.07, 6.45) is 3.61. The first-order chi connectivity index (χ1) is 3.81. The summed E-state index contributed by atoms with van der Waals surface area (Å²) in [6, 6.07) is 0. The molecule has 8 heavy (non-hydrogen) atoms. The van der Waals surface area contributed by atoms with Gasteiger partial charge in [-0.3, -0.25) is 4.99 Å². The van der Waals surface area contributed by atoms with Gasteiger partial charge in [0.05, 0.1) is 5.70 Å². The summed E-state index contributed by atoms with van der Waals surface area (Å²) < 4.78 is 0. The maximum absolute atomic E-state index is 3.99. The Hall–Kier alpha value is -0.790. The van der Waals surface area contributed by atoms with Gasteiger partial charge in [-0.1, -0.05) is 0 Å². The lowest BCUT2D eigenvalue weighted by atomic mass is 10.5. The van der Waals surface area contributed by atoms with Gasteiger partial charge in [-0.25, -0.2) is 0 Å². The van der Waals surface area contributed by atoms with Gasteiger partial charge in [0, 0.05) is 19.5 Å². The van der Waals surface area contributed by atoms with Crippen LogP contribution in [-0.2, 0) is 0 Å². The molecule has 0 aliphatic heterocycles. The summed E-state index contributed by atoms with van der Waals surface area (Å²) in [5.74, 6) is 0. The minimum absolute atomic E-state index is 0.995. The molecule has 2 nitrogen and oxygen atoms in total. The van der Waals surface area contributed by atoms with Crippen molar-refractivity contribution < 1.29 is 0 Å². The smallest absolute Gasteiger partial charge is 0.0524 e. The molecule has 0 unspecified atom stereocenters. The maximum Gasteiger partial charge on any atom is 0.0524 e. The van der Waals surface area contributed by atoms with Crippen LogP contribution in [-0.4, -0.2) is 13.3 Å². The molecular formula is C6H12N2. The number of nitrogens with zero attached hydrogens (tertiary/aromatic N) is 1. The van der Waals surface area contributed by atoms with Gasteiger partial charge < -0.3 is 5.32 Å². The molecular weight excluding hydrogens is 100 g/mol. The summed E-state index contributed by atoms with van der Waals surface area (Å²) in [5, 5.41) is 2.88. The van der Waals surface area contributed by atoms with Crippen molar-refractivity contribution in [3.05, 3.63) is 11.9 Å². The van der Waals surface area contributed by atoms with E-state index in [1.165, 1.54) is 0 Å². The van der Waals surface area contributed by atoms with E-state index in [0.717, 1.165) is 5.70 Å². The van der Waals surface area contributed by atoms with E-state index >= 15 is 0 Å². The van der Waals surface area contributed by atoms with Crippen molar-refractivity contribution in [1.29, 1.82) is 0 Å². The Kier molecular flexibility index (Phi) is 3.94. The lowest BCUT2D eigenvalue weighted by Gasteiger charge is -1.88. The lowest BCUT2D eigenvalue weighted by molar-refractivity contribution is 1.06. The standard InChI is InChI=1S/C6H12N2/c1-4-8-6(2)5-7-3/h4-5,7H,1-3H3/b6-5-,8-4?. The summed E-state index contributed by atoms with van der Waals surface area (Å²) >= 11 is 0. The van der Waals surface area contributed by atoms with Crippen molar-refractivity contribution in [2.24, 2.45) is 4.99 Å². The van der Waals surface area contributed by atoms with Crippen LogP contribution in [0.3, 0.4) is 0 Å². The molecule has 1 N–H and O–H groups in total. The van der Waals surface area contributed by atoms with Crippen LogP contribution in [0.1, 0.15) is 13.8 Å². The average Bonchev–Trinajstić information content (AvgIpc) is 1.68. The van der Waals surface area contributed by atoms with Crippen molar-refractivity contribution in [1.82, 2.24) is 5.32 Å². The van der Waals surface area contributed by atoms with Crippen molar-refractivity contribution in [2.45, 2.75) is 13.8 Å². The molecule has 0 fully saturated rings. The van der Waals surface area contributed by atoms with Gasteiger partial charge in [0.1, 0.15) is 0 Å². The molecule has 0 aliphatic carbocycles. The third-order valence-corrected chi connectivity index (χ3v) is 0.686. The fraction of sp³-hybridized carbons (Fsp3) is 0.500. The van der Waals surface area contributed by atoms with Gasteiger partial charge in [0.15, 0.2) is 0 Å². The van der Waals surface area contributed by atoms with Crippen LogP contribution in [0.2, 0.25) is 0 Å². The van der Waals surface area contributed by atoms with Crippen molar-refractivity contribution >= 4 is 6.21 Å². The van der Waals surface area contributed by atoms with E-state index in [-0.39, 0.29) is 0 Å². The number of hydrogen-bond acceptors (Lipinski definition) is 2. The van der Waals surface area contributed by atoms with Crippen molar-refractivity contribution in [3.8, 4) is 0 Å². The number of rotatable bonds is 2. The van der Waals surface area contributed by atoms with Gasteiger partial charge in [-0.15, -0.1) is 0 Å². The Bertz CT molecular complexity index is 103. The highest BCUT2D eigenvalue weighted by molar-refractivity contribution is 5.54. The fourth-order valence-corrected chi connectivity index (χ4v) is 0.450. The molecule has 0 aliphatic rings. The molecule has 0 radical (unpaired) electrons. The molecule has 0 aromatic carbocycles. The second-order valence-electron chi connectivity index (χ2n) is 1.46. The molecule has 2 heteroatoms. The number of allylic oxidation sites excluding steroid dienone is 1. The average molecular weight is 112 g/mol. The monoisotopic (exact) mass is 112 g/mol. The van der Waals surface area contributed by atoms with Gasteiger partial charge >= 0.3 is 0 Å². The Morgan fingerprint density at radius 3 is 2.62 bits per heavy atom. The highest BCUT2D eigenvalue weighted by Crippen LogP contribution is 1.87. The second-order valence-corrected chi connectivity index (χ2v) is 1.46. The summed E-state index contributed by atoms with van der Waals surface area (Å²) in [7, 11) is 1.86. The maximum atomic E-state index is 3.99. The quantitative estimate of drug-likeness (QED) is 0.532. The van der Waals surface area contributed by atoms with E-state index in [0.29, 0.717) is 0 Å². The molecule has 0 saturated carbocycles. The molecule has 0 spiro atoms. The third-order valence-electron chi connectivity index (χ3n) is 0.686. The van der Waals surface area contributed by atoms with E-state index in [9.17, 15) is 0 Å². The molecule has 0 rings (SSSR count). The summed E-state index contributed by atoms with van der Waals surface area (Å²) in [4.78, 5) is 3.99. The SMILES string of the molecule is CC=N/C(C)=C\NC. The Morgan fingerprint density at radius 1 is 1.62 bits per heavy atom. The van der Waals surface area contributed by atoms with E-state index in [1.54, 1.807) is 6.21 Å². The highest BCUT2D eigenvalue weighted by atomic mass is 14.8. The third kappa shape index (κ3) is 3.40. The van der Waals surface area contributed by atoms with E-state index in [4.69, 9.17) is 0 Å². The first kappa shape index (κ1) is 7.21. The molecule has 0 bridgehead atoms. The van der Waals surface area contributed by atoms with Gasteiger partial charge in [-0.2, -0.15) is 0 Å². The molecule has 0 amide bonds. The molecule has 0 aromatic heterocycles. The minimum Gasteiger partial charge on any atom is -0.393 e. The van der Waals surface area contributed by atoms with Crippen molar-refractivity contribution in [3.63, 3.8) is 0 Å². The van der Waals surface area contributed by atoms with Crippen LogP contribution < -0.4 is 5.32 Å². The number of nitrogens with one attached hydrogen (secondary N) is 1. The van der Waals surface area contributed by atoms with E-state index in [2.05, 4.69) is 10.3 Å². The molecule has 0 heterocycles.